The molecule has 4 atom stereocenters. The molecule has 0 amide bonds. The van der Waals surface area contributed by atoms with Crippen LogP contribution in [0.5, 0.6) is 5.75 Å². The summed E-state index contributed by atoms with van der Waals surface area (Å²) in [6.45, 7) is 10.8. The number of hydrogen-bond donors (Lipinski definition) is 2. The van der Waals surface area contributed by atoms with Gasteiger partial charge in [0.2, 0.25) is 0 Å². The minimum Gasteiger partial charge on any atom is -0.508 e. The summed E-state index contributed by atoms with van der Waals surface area (Å²) in [4.78, 5) is 10.5. The Morgan fingerprint density at radius 1 is 0.809 bits per heavy atom. The average molecular weight is 676 g/mol. The molecule has 256 valence electrons. The fraction of sp³-hybridized carbons (Fsp3) is 0.641. The first-order valence-corrected chi connectivity index (χ1v) is 19.3. The van der Waals surface area contributed by atoms with Crippen molar-refractivity contribution >= 4 is 34.7 Å². The van der Waals surface area contributed by atoms with Crippen molar-refractivity contribution in [1.29, 1.82) is 0 Å². The third-order valence-electron chi connectivity index (χ3n) is 11.2. The van der Waals surface area contributed by atoms with Crippen LogP contribution in [0.3, 0.4) is 0 Å². The van der Waals surface area contributed by atoms with Gasteiger partial charge in [0.05, 0.1) is 6.04 Å². The summed E-state index contributed by atoms with van der Waals surface area (Å²) in [6.07, 6.45) is 13.7. The summed E-state index contributed by atoms with van der Waals surface area (Å²) in [7, 11) is 0. The van der Waals surface area contributed by atoms with E-state index in [0.29, 0.717) is 29.8 Å². The lowest BCUT2D eigenvalue weighted by atomic mass is 9.98. The number of phenolic OH excluding ortho intramolecular Hbond substituents is 1. The molecule has 1 aliphatic carbocycles. The van der Waals surface area contributed by atoms with Gasteiger partial charge in [0.1, 0.15) is 5.75 Å². The number of aromatic hydroxyl groups is 1. The lowest BCUT2D eigenvalue weighted by Crippen LogP contribution is -2.51. The summed E-state index contributed by atoms with van der Waals surface area (Å²) in [5, 5.41) is 15.5. The highest BCUT2D eigenvalue weighted by atomic mass is 32.1. The molecule has 3 saturated heterocycles. The lowest BCUT2D eigenvalue weighted by Gasteiger charge is -2.37. The van der Waals surface area contributed by atoms with E-state index in [-0.39, 0.29) is 6.04 Å². The highest BCUT2D eigenvalue weighted by Crippen LogP contribution is 2.31. The van der Waals surface area contributed by atoms with Crippen LogP contribution in [0.15, 0.2) is 54.6 Å². The van der Waals surface area contributed by atoms with Crippen LogP contribution in [0.1, 0.15) is 82.8 Å². The Balaban J connectivity index is 1.23. The monoisotopic (exact) mass is 675 g/mol. The van der Waals surface area contributed by atoms with Crippen molar-refractivity contribution < 1.29 is 5.11 Å². The molecule has 1 saturated carbocycles. The van der Waals surface area contributed by atoms with Crippen molar-refractivity contribution in [1.82, 2.24) is 24.9 Å². The number of thiocarbonyl (C=S) groups is 2. The second kappa shape index (κ2) is 16.3. The van der Waals surface area contributed by atoms with Crippen molar-refractivity contribution in [2.45, 2.75) is 109 Å². The first-order valence-electron chi connectivity index (χ1n) is 18.5. The summed E-state index contributed by atoms with van der Waals surface area (Å²) < 4.78 is 0. The molecule has 2 aromatic carbocycles. The molecule has 0 unspecified atom stereocenters. The standard InChI is InChI=1S/C39H57N5OS2/c1-29(2)21-34-24-40-38(46)42(34)27-33-15-10-20-41(33)26-35(23-31-16-18-37(45)19-17-31)44-28-36(22-30-11-8-5-9-12-30)43(39(44)47)25-32-13-6-3-4-7-14-32/h5,8-9,11-12,16-19,29,32-36,45H,3-4,6-7,10,13-15,20-28H2,1-2H3,(H,40,46)/t33-,34+,35+,36+/m1/s1. The maximum Gasteiger partial charge on any atom is 0.172 e. The van der Waals surface area contributed by atoms with Crippen molar-refractivity contribution in [3.05, 3.63) is 65.7 Å². The topological polar surface area (TPSA) is 45.2 Å². The molecule has 8 heteroatoms. The van der Waals surface area contributed by atoms with Crippen LogP contribution in [-0.4, -0.2) is 98.4 Å². The fourth-order valence-corrected chi connectivity index (χ4v) is 9.48. The first-order chi connectivity index (χ1) is 22.8. The Hall–Kier alpha value is -2.42. The summed E-state index contributed by atoms with van der Waals surface area (Å²) in [5.41, 5.74) is 2.66. The molecule has 4 fully saturated rings. The molecule has 0 bridgehead atoms. The number of hydrogen-bond acceptors (Lipinski definition) is 4. The molecule has 0 radical (unpaired) electrons. The van der Waals surface area contributed by atoms with Gasteiger partial charge < -0.3 is 25.1 Å². The number of nitrogens with zero attached hydrogens (tertiary/aromatic N) is 4. The second-order valence-electron chi connectivity index (χ2n) is 15.2. The van der Waals surface area contributed by atoms with E-state index in [0.717, 1.165) is 68.3 Å². The maximum absolute atomic E-state index is 10.1. The van der Waals surface area contributed by atoms with E-state index in [2.05, 4.69) is 81.2 Å². The van der Waals surface area contributed by atoms with Gasteiger partial charge >= 0.3 is 0 Å². The molecule has 3 heterocycles. The Morgan fingerprint density at radius 3 is 2.28 bits per heavy atom. The molecule has 6 rings (SSSR count). The zero-order valence-corrected chi connectivity index (χ0v) is 30.4. The molecule has 4 aliphatic rings. The number of rotatable bonds is 13. The van der Waals surface area contributed by atoms with Crippen molar-refractivity contribution in [3.8, 4) is 5.75 Å². The van der Waals surface area contributed by atoms with Gasteiger partial charge in [-0.1, -0.05) is 82.0 Å². The van der Waals surface area contributed by atoms with Gasteiger partial charge in [-0.25, -0.2) is 0 Å². The predicted molar refractivity (Wildman–Crippen MR) is 202 cm³/mol. The molecule has 2 N–H and O–H groups in total. The molecule has 6 nitrogen and oxygen atoms in total. The van der Waals surface area contributed by atoms with Gasteiger partial charge in [-0.05, 0) is 111 Å². The Labute approximate surface area is 294 Å². The second-order valence-corrected chi connectivity index (χ2v) is 16.0. The molecule has 0 aromatic heterocycles. The van der Waals surface area contributed by atoms with Crippen molar-refractivity contribution in [2.24, 2.45) is 11.8 Å². The third-order valence-corrected chi connectivity index (χ3v) is 12.1. The zero-order valence-electron chi connectivity index (χ0n) is 28.7. The van der Waals surface area contributed by atoms with Crippen LogP contribution in [0.25, 0.3) is 0 Å². The van der Waals surface area contributed by atoms with Crippen LogP contribution in [0.2, 0.25) is 0 Å². The Kier molecular flexibility index (Phi) is 12.0. The average Bonchev–Trinajstić information content (AvgIpc) is 3.65. The normalized spacial score (nSPS) is 25.2. The summed E-state index contributed by atoms with van der Waals surface area (Å²) >= 11 is 12.3. The van der Waals surface area contributed by atoms with Crippen molar-refractivity contribution in [3.63, 3.8) is 0 Å². The van der Waals surface area contributed by atoms with E-state index < -0.39 is 0 Å². The Morgan fingerprint density at radius 2 is 1.55 bits per heavy atom. The van der Waals surface area contributed by atoms with Crippen LogP contribution in [-0.2, 0) is 12.8 Å². The quantitative estimate of drug-likeness (QED) is 0.177. The van der Waals surface area contributed by atoms with Crippen molar-refractivity contribution in [2.75, 3.05) is 39.3 Å². The minimum absolute atomic E-state index is 0.264. The van der Waals surface area contributed by atoms with Gasteiger partial charge in [0, 0.05) is 50.8 Å². The van der Waals surface area contributed by atoms with Crippen LogP contribution in [0.4, 0.5) is 0 Å². The minimum atomic E-state index is 0.264. The maximum atomic E-state index is 10.1. The smallest absolute Gasteiger partial charge is 0.172 e. The summed E-state index contributed by atoms with van der Waals surface area (Å²) in [6, 6.07) is 20.5. The van der Waals surface area contributed by atoms with Gasteiger partial charge in [-0.15, -0.1) is 0 Å². The number of phenols is 1. The van der Waals surface area contributed by atoms with Gasteiger partial charge in [-0.2, -0.15) is 0 Å². The largest absolute Gasteiger partial charge is 0.508 e. The highest BCUT2D eigenvalue weighted by molar-refractivity contribution is 7.80. The predicted octanol–water partition coefficient (Wildman–Crippen LogP) is 6.86. The zero-order chi connectivity index (χ0) is 32.8. The van der Waals surface area contributed by atoms with E-state index in [9.17, 15) is 5.11 Å². The molecule has 0 spiro atoms. The summed E-state index contributed by atoms with van der Waals surface area (Å²) in [5.74, 6) is 1.70. The van der Waals surface area contributed by atoms with E-state index in [1.807, 2.05) is 12.1 Å². The SMILES string of the molecule is CC(C)C[C@H]1CNC(=S)N1C[C@H]1CCCN1C[C@H](Cc1ccc(O)cc1)N1C[C@H](Cc2ccccc2)N(CC2CCCCCC2)C1=S. The van der Waals surface area contributed by atoms with Crippen LogP contribution < -0.4 is 5.32 Å². The van der Waals surface area contributed by atoms with Gasteiger partial charge in [-0.3, -0.25) is 4.90 Å². The highest BCUT2D eigenvalue weighted by Gasteiger charge is 2.41. The molecule has 47 heavy (non-hydrogen) atoms. The molecule has 2 aromatic rings. The van der Waals surface area contributed by atoms with E-state index in [1.54, 1.807) is 0 Å². The molecule has 3 aliphatic heterocycles. The molecular formula is C39H57N5OS2. The lowest BCUT2D eigenvalue weighted by molar-refractivity contribution is 0.156. The van der Waals surface area contributed by atoms with E-state index in [4.69, 9.17) is 24.4 Å². The van der Waals surface area contributed by atoms with Gasteiger partial charge in [0.25, 0.3) is 0 Å². The van der Waals surface area contributed by atoms with Gasteiger partial charge in [0.15, 0.2) is 10.2 Å². The molecular weight excluding hydrogens is 619 g/mol. The Bertz CT molecular complexity index is 1300. The fourth-order valence-electron chi connectivity index (χ4n) is 8.73. The van der Waals surface area contributed by atoms with E-state index >= 15 is 0 Å². The third kappa shape index (κ3) is 8.98. The number of nitrogens with one attached hydrogen (secondary N) is 1. The number of likely N-dealkylation sites (tertiary alicyclic amines) is 1. The number of benzene rings is 2. The van der Waals surface area contributed by atoms with Crippen LogP contribution >= 0.6 is 24.4 Å². The van der Waals surface area contributed by atoms with E-state index in [1.165, 1.54) is 68.9 Å². The van der Waals surface area contributed by atoms with Crippen LogP contribution in [0, 0.1) is 11.8 Å². The first kappa shape index (κ1) is 34.4.